The monoisotopic (exact) mass is 674 g/mol. The summed E-state index contributed by atoms with van der Waals surface area (Å²) in [5.41, 5.74) is 1.55. The minimum atomic E-state index is -1.05. The molecular weight excluding hydrogens is 628 g/mol. The Bertz CT molecular complexity index is 1610. The highest BCUT2D eigenvalue weighted by Gasteiger charge is 2.33. The molecule has 4 atom stereocenters. The summed E-state index contributed by atoms with van der Waals surface area (Å²) in [6.45, 7) is 8.76. The first kappa shape index (κ1) is 36.6. The number of rotatable bonds is 8. The Morgan fingerprint density at radius 3 is 2.14 bits per heavy atom. The van der Waals surface area contributed by atoms with Gasteiger partial charge in [-0.2, -0.15) is 0 Å². The van der Waals surface area contributed by atoms with E-state index in [1.807, 2.05) is 27.7 Å². The van der Waals surface area contributed by atoms with Crippen LogP contribution in [-0.4, -0.2) is 93.6 Å². The maximum absolute atomic E-state index is 14.2. The fourth-order valence-corrected chi connectivity index (χ4v) is 5.54. The van der Waals surface area contributed by atoms with Gasteiger partial charge in [-0.05, 0) is 55.0 Å². The molecule has 0 bridgehead atoms. The molecule has 49 heavy (non-hydrogen) atoms. The Hall–Kier alpha value is -5.27. The number of carbonyl (C=O) groups is 5. The second kappa shape index (κ2) is 16.7. The zero-order valence-corrected chi connectivity index (χ0v) is 28.8. The Morgan fingerprint density at radius 2 is 1.51 bits per heavy atom. The van der Waals surface area contributed by atoms with Crippen molar-refractivity contribution in [3.05, 3.63) is 72.3 Å². The lowest BCUT2D eigenvalue weighted by atomic mass is 10.0. The zero-order valence-electron chi connectivity index (χ0n) is 28.8. The quantitative estimate of drug-likeness (QED) is 0.279. The van der Waals surface area contributed by atoms with Crippen molar-refractivity contribution in [1.82, 2.24) is 40.9 Å². The summed E-state index contributed by atoms with van der Waals surface area (Å²) in [6.07, 6.45) is 3.34. The summed E-state index contributed by atoms with van der Waals surface area (Å²) >= 11 is 0. The van der Waals surface area contributed by atoms with E-state index in [0.29, 0.717) is 17.0 Å². The van der Waals surface area contributed by atoms with Gasteiger partial charge in [-0.1, -0.05) is 52.0 Å². The van der Waals surface area contributed by atoms with E-state index >= 15 is 0 Å². The van der Waals surface area contributed by atoms with Crippen LogP contribution in [-0.2, 0) is 25.6 Å². The molecule has 0 aliphatic carbocycles. The summed E-state index contributed by atoms with van der Waals surface area (Å²) in [4.78, 5) is 70.2. The first-order valence-electron chi connectivity index (χ1n) is 16.4. The van der Waals surface area contributed by atoms with E-state index in [0.717, 1.165) is 5.56 Å². The summed E-state index contributed by atoms with van der Waals surface area (Å²) in [7, 11) is 1.55. The minimum absolute atomic E-state index is 0.00700. The SMILES string of the molecule is COc1ccc(C[C@@H]2NC(=O)[C@H](CC(C)C)NC(=O)CN(C(=O)c3ccccc3-n3cnnc3)C[C@H](C(C)C)NC(=O)[C@@H](C)NC2=O)cc1. The third kappa shape index (κ3) is 9.87. The first-order valence-corrected chi connectivity index (χ1v) is 16.4. The molecule has 0 saturated carbocycles. The van der Waals surface area contributed by atoms with Crippen LogP contribution >= 0.6 is 0 Å². The number of nitrogens with one attached hydrogen (secondary N) is 4. The van der Waals surface area contributed by atoms with Crippen molar-refractivity contribution in [3.8, 4) is 11.4 Å². The van der Waals surface area contributed by atoms with Crippen LogP contribution in [0.1, 0.15) is 57.0 Å². The van der Waals surface area contributed by atoms with Crippen molar-refractivity contribution in [2.75, 3.05) is 20.2 Å². The van der Waals surface area contributed by atoms with Crippen LogP contribution < -0.4 is 26.0 Å². The molecule has 4 N–H and O–H groups in total. The van der Waals surface area contributed by atoms with Crippen molar-refractivity contribution in [2.24, 2.45) is 11.8 Å². The fraction of sp³-hybridized carbons (Fsp3) is 0.457. The molecule has 3 aromatic rings. The number of methoxy groups -OCH3 is 1. The van der Waals surface area contributed by atoms with Crippen molar-refractivity contribution in [2.45, 2.75) is 71.6 Å². The van der Waals surface area contributed by atoms with Crippen molar-refractivity contribution >= 4 is 29.5 Å². The zero-order chi connectivity index (χ0) is 35.7. The Labute approximate surface area is 286 Å². The van der Waals surface area contributed by atoms with Crippen LogP contribution in [0.3, 0.4) is 0 Å². The molecule has 1 fully saturated rings. The number of amides is 5. The standard InChI is InChI=1S/C35H46N8O6/c1-21(2)15-27-34(47)40-28(16-24-11-13-25(49-6)14-12-24)33(46)38-23(5)32(45)41-29(22(3)4)17-42(18-31(44)39-27)35(48)26-9-7-8-10-30(26)43-19-36-37-20-43/h7-14,19-23,27-29H,15-18H2,1-6H3,(H,38,46)(H,39,44)(H,40,47)(H,41,45)/t23-,27+,28+,29-/m1/s1. The molecule has 2 heterocycles. The molecule has 0 unspecified atom stereocenters. The number of hydrogen-bond acceptors (Lipinski definition) is 8. The van der Waals surface area contributed by atoms with E-state index in [1.54, 1.807) is 67.1 Å². The molecule has 2 aromatic carbocycles. The lowest BCUT2D eigenvalue weighted by Gasteiger charge is -2.31. The number of aromatic nitrogens is 3. The van der Waals surface area contributed by atoms with Crippen molar-refractivity contribution in [1.29, 1.82) is 0 Å². The second-order valence-corrected chi connectivity index (χ2v) is 13.0. The van der Waals surface area contributed by atoms with Gasteiger partial charge in [0.1, 0.15) is 36.5 Å². The highest BCUT2D eigenvalue weighted by Crippen LogP contribution is 2.18. The third-order valence-corrected chi connectivity index (χ3v) is 8.35. The summed E-state index contributed by atoms with van der Waals surface area (Å²) < 4.78 is 6.84. The average molecular weight is 675 g/mol. The molecule has 5 amide bonds. The summed E-state index contributed by atoms with van der Waals surface area (Å²) in [5.74, 6) is -2.13. The van der Waals surface area contributed by atoms with Crippen LogP contribution in [0.5, 0.6) is 5.75 Å². The minimum Gasteiger partial charge on any atom is -0.497 e. The highest BCUT2D eigenvalue weighted by molar-refractivity contribution is 6.00. The summed E-state index contributed by atoms with van der Waals surface area (Å²) in [6, 6.07) is 10.3. The van der Waals surface area contributed by atoms with E-state index < -0.39 is 60.2 Å². The van der Waals surface area contributed by atoms with Gasteiger partial charge in [-0.3, -0.25) is 28.5 Å². The van der Waals surface area contributed by atoms with Gasteiger partial charge >= 0.3 is 0 Å². The highest BCUT2D eigenvalue weighted by atomic mass is 16.5. The van der Waals surface area contributed by atoms with Crippen LogP contribution in [0.2, 0.25) is 0 Å². The number of hydrogen-bond donors (Lipinski definition) is 4. The van der Waals surface area contributed by atoms with Gasteiger partial charge in [0.2, 0.25) is 23.6 Å². The molecule has 14 heteroatoms. The van der Waals surface area contributed by atoms with Crippen LogP contribution in [0.25, 0.3) is 5.69 Å². The number of benzene rings is 2. The molecule has 0 radical (unpaired) electrons. The second-order valence-electron chi connectivity index (χ2n) is 13.0. The fourth-order valence-electron chi connectivity index (χ4n) is 5.54. The molecule has 262 valence electrons. The van der Waals surface area contributed by atoms with Gasteiger partial charge in [0, 0.05) is 19.0 Å². The van der Waals surface area contributed by atoms with Gasteiger partial charge in [-0.15, -0.1) is 10.2 Å². The topological polar surface area (TPSA) is 177 Å². The van der Waals surface area contributed by atoms with E-state index in [9.17, 15) is 24.0 Å². The first-order chi connectivity index (χ1) is 23.4. The molecule has 14 nitrogen and oxygen atoms in total. The Balaban J connectivity index is 1.70. The van der Waals surface area contributed by atoms with E-state index in [-0.39, 0.29) is 31.2 Å². The van der Waals surface area contributed by atoms with E-state index in [2.05, 4.69) is 31.5 Å². The Morgan fingerprint density at radius 1 is 0.857 bits per heavy atom. The molecule has 4 rings (SSSR count). The van der Waals surface area contributed by atoms with Crippen LogP contribution in [0.15, 0.2) is 61.2 Å². The maximum atomic E-state index is 14.2. The van der Waals surface area contributed by atoms with Gasteiger partial charge in [0.05, 0.1) is 24.9 Å². The lowest BCUT2D eigenvalue weighted by molar-refractivity contribution is -0.133. The van der Waals surface area contributed by atoms with Crippen molar-refractivity contribution < 1.29 is 28.7 Å². The number of nitrogens with zero attached hydrogens (tertiary/aromatic N) is 4. The van der Waals surface area contributed by atoms with E-state index in [4.69, 9.17) is 4.74 Å². The number of carbonyl (C=O) groups excluding carboxylic acids is 5. The molecular formula is C35H46N8O6. The molecule has 1 saturated heterocycles. The Kier molecular flexibility index (Phi) is 12.5. The number of para-hydroxylation sites is 1. The average Bonchev–Trinajstić information content (AvgIpc) is 3.61. The summed E-state index contributed by atoms with van der Waals surface area (Å²) in [5, 5.41) is 19.0. The smallest absolute Gasteiger partial charge is 0.256 e. The van der Waals surface area contributed by atoms with Crippen LogP contribution in [0.4, 0.5) is 0 Å². The molecule has 1 aliphatic heterocycles. The molecule has 1 aliphatic rings. The van der Waals surface area contributed by atoms with Crippen molar-refractivity contribution in [3.63, 3.8) is 0 Å². The lowest BCUT2D eigenvalue weighted by Crippen LogP contribution is -2.57. The predicted octanol–water partition coefficient (Wildman–Crippen LogP) is 1.64. The van der Waals surface area contributed by atoms with Gasteiger partial charge in [0.15, 0.2) is 0 Å². The van der Waals surface area contributed by atoms with Gasteiger partial charge < -0.3 is 30.9 Å². The third-order valence-electron chi connectivity index (χ3n) is 8.35. The van der Waals surface area contributed by atoms with Gasteiger partial charge in [-0.25, -0.2) is 0 Å². The van der Waals surface area contributed by atoms with Crippen LogP contribution in [0, 0.1) is 11.8 Å². The molecule has 1 aromatic heterocycles. The maximum Gasteiger partial charge on any atom is 0.256 e. The largest absolute Gasteiger partial charge is 0.497 e. The number of ether oxygens (including phenoxy) is 1. The van der Waals surface area contributed by atoms with E-state index in [1.165, 1.54) is 17.6 Å². The predicted molar refractivity (Wildman–Crippen MR) is 182 cm³/mol. The van der Waals surface area contributed by atoms with Gasteiger partial charge in [0.25, 0.3) is 5.91 Å². The normalized spacial score (nSPS) is 21.3. The molecule has 0 spiro atoms.